The molecule has 2 heterocycles. The predicted octanol–water partition coefficient (Wildman–Crippen LogP) is 3.15. The third-order valence-corrected chi connectivity index (χ3v) is 4.89. The van der Waals surface area contributed by atoms with Gasteiger partial charge in [-0.1, -0.05) is 19.1 Å². The second-order valence-electron chi connectivity index (χ2n) is 6.59. The van der Waals surface area contributed by atoms with Crippen LogP contribution in [0.25, 0.3) is 11.0 Å². The molecule has 1 saturated heterocycles. The molecule has 0 unspecified atom stereocenters. The Labute approximate surface area is 134 Å². The molecule has 2 aromatic rings. The van der Waals surface area contributed by atoms with Gasteiger partial charge in [0.05, 0.1) is 5.92 Å². The molecular weight excluding hydrogens is 294 g/mol. The maximum absolute atomic E-state index is 12.8. The first-order valence-corrected chi connectivity index (χ1v) is 7.82. The maximum atomic E-state index is 12.8. The number of amides is 1. The molecule has 0 radical (unpaired) electrons. The topological polar surface area (TPSA) is 70.8 Å². The second kappa shape index (κ2) is 5.41. The van der Waals surface area contributed by atoms with Gasteiger partial charge in [-0.15, -0.1) is 0 Å². The first kappa shape index (κ1) is 15.6. The van der Waals surface area contributed by atoms with Gasteiger partial charge in [0.1, 0.15) is 5.58 Å². The van der Waals surface area contributed by atoms with Crippen LogP contribution >= 0.6 is 0 Å². The fourth-order valence-corrected chi connectivity index (χ4v) is 3.48. The van der Waals surface area contributed by atoms with Crippen molar-refractivity contribution in [3.63, 3.8) is 0 Å². The number of hydrogen-bond acceptors (Lipinski definition) is 3. The van der Waals surface area contributed by atoms with Crippen molar-refractivity contribution >= 4 is 22.8 Å². The number of likely N-dealkylation sites (tertiary alicyclic amines) is 1. The zero-order chi connectivity index (χ0) is 16.9. The summed E-state index contributed by atoms with van der Waals surface area (Å²) in [6.07, 6.45) is 0. The van der Waals surface area contributed by atoms with Crippen LogP contribution in [0.2, 0.25) is 0 Å². The average Bonchev–Trinajstić information content (AvgIpc) is 3.04. The Morgan fingerprint density at radius 3 is 2.39 bits per heavy atom. The molecule has 1 aromatic carbocycles. The highest BCUT2D eigenvalue weighted by Gasteiger charge is 2.38. The summed E-state index contributed by atoms with van der Waals surface area (Å²) in [5.74, 6) is -1.29. The molecule has 122 valence electrons. The van der Waals surface area contributed by atoms with Crippen LogP contribution in [-0.2, 0) is 4.79 Å². The average molecular weight is 315 g/mol. The molecule has 23 heavy (non-hydrogen) atoms. The van der Waals surface area contributed by atoms with Crippen molar-refractivity contribution in [3.8, 4) is 0 Å². The molecule has 5 heteroatoms. The van der Waals surface area contributed by atoms with E-state index >= 15 is 0 Å². The smallest absolute Gasteiger partial charge is 0.308 e. The van der Waals surface area contributed by atoms with Gasteiger partial charge in [-0.25, -0.2) is 0 Å². The van der Waals surface area contributed by atoms with Gasteiger partial charge in [-0.05, 0) is 37.8 Å². The van der Waals surface area contributed by atoms with Gasteiger partial charge in [0.2, 0.25) is 0 Å². The number of carboxylic acids is 1. The summed E-state index contributed by atoms with van der Waals surface area (Å²) in [7, 11) is 0. The number of carbonyl (C=O) groups is 2. The lowest BCUT2D eigenvalue weighted by Crippen LogP contribution is -2.30. The lowest BCUT2D eigenvalue weighted by molar-refractivity contribution is -0.142. The first-order valence-electron chi connectivity index (χ1n) is 7.82. The van der Waals surface area contributed by atoms with Crippen molar-refractivity contribution in [2.75, 3.05) is 13.1 Å². The minimum absolute atomic E-state index is 0.0513. The molecular formula is C18H21NO4. The number of hydrogen-bond donors (Lipinski definition) is 1. The van der Waals surface area contributed by atoms with Crippen molar-refractivity contribution in [2.45, 2.75) is 27.7 Å². The second-order valence-corrected chi connectivity index (χ2v) is 6.59. The lowest BCUT2D eigenvalue weighted by Gasteiger charge is -2.14. The zero-order valence-corrected chi connectivity index (χ0v) is 13.8. The summed E-state index contributed by atoms with van der Waals surface area (Å²) < 4.78 is 5.88. The van der Waals surface area contributed by atoms with Gasteiger partial charge in [0, 0.05) is 24.0 Å². The number of carbonyl (C=O) groups excluding carboxylic acids is 1. The number of fused-ring (bicyclic) bond motifs is 1. The van der Waals surface area contributed by atoms with E-state index < -0.39 is 11.9 Å². The van der Waals surface area contributed by atoms with Gasteiger partial charge in [-0.3, -0.25) is 9.59 Å². The van der Waals surface area contributed by atoms with Gasteiger partial charge in [0.15, 0.2) is 5.76 Å². The van der Waals surface area contributed by atoms with Crippen LogP contribution in [0.4, 0.5) is 0 Å². The molecule has 3 rings (SSSR count). The fraction of sp³-hybridized carbons (Fsp3) is 0.444. The van der Waals surface area contributed by atoms with Gasteiger partial charge in [0.25, 0.3) is 5.91 Å². The van der Waals surface area contributed by atoms with Crippen LogP contribution in [0.1, 0.15) is 34.2 Å². The van der Waals surface area contributed by atoms with E-state index in [1.807, 2.05) is 39.8 Å². The first-order chi connectivity index (χ1) is 10.8. The normalized spacial score (nSPS) is 21.1. The van der Waals surface area contributed by atoms with Crippen molar-refractivity contribution < 1.29 is 19.1 Å². The molecule has 1 aromatic heterocycles. The lowest BCUT2D eigenvalue weighted by atomic mass is 9.99. The summed E-state index contributed by atoms with van der Waals surface area (Å²) >= 11 is 0. The van der Waals surface area contributed by atoms with Gasteiger partial charge < -0.3 is 14.4 Å². The summed E-state index contributed by atoms with van der Waals surface area (Å²) in [6, 6.07) is 4.00. The van der Waals surface area contributed by atoms with Gasteiger partial charge in [-0.2, -0.15) is 0 Å². The van der Waals surface area contributed by atoms with Crippen LogP contribution in [0.15, 0.2) is 16.5 Å². The van der Waals surface area contributed by atoms with Crippen LogP contribution in [0.5, 0.6) is 0 Å². The third-order valence-electron chi connectivity index (χ3n) is 4.89. The number of aryl methyl sites for hydroxylation is 3. The Kier molecular flexibility index (Phi) is 3.66. The van der Waals surface area contributed by atoms with E-state index in [0.29, 0.717) is 12.3 Å². The molecule has 2 atom stereocenters. The molecule has 0 aliphatic carbocycles. The third kappa shape index (κ3) is 2.40. The highest BCUT2D eigenvalue weighted by atomic mass is 16.4. The Balaban J connectivity index is 2.00. The monoisotopic (exact) mass is 315 g/mol. The predicted molar refractivity (Wildman–Crippen MR) is 86.6 cm³/mol. The van der Waals surface area contributed by atoms with E-state index in [1.54, 1.807) is 4.90 Å². The minimum Gasteiger partial charge on any atom is -0.481 e. The van der Waals surface area contributed by atoms with Crippen molar-refractivity contribution in [3.05, 3.63) is 34.6 Å². The summed E-state index contributed by atoms with van der Waals surface area (Å²) in [6.45, 7) is 8.40. The molecule has 0 bridgehead atoms. The molecule has 1 N–H and O–H groups in total. The zero-order valence-electron chi connectivity index (χ0n) is 13.8. The molecule has 0 saturated carbocycles. The van der Waals surface area contributed by atoms with E-state index in [-0.39, 0.29) is 18.4 Å². The number of benzene rings is 1. The van der Waals surface area contributed by atoms with Crippen LogP contribution in [0, 0.1) is 32.6 Å². The SMILES string of the molecule is Cc1ccc(C)c2c(C)c(C(=O)N3C[C@@H](C)[C@H](C(=O)O)C3)oc12. The van der Waals surface area contributed by atoms with Crippen LogP contribution < -0.4 is 0 Å². The van der Waals surface area contributed by atoms with E-state index in [2.05, 4.69) is 0 Å². The minimum atomic E-state index is -0.846. The standard InChI is InChI=1S/C18H21NO4/c1-9-5-6-10(2)15-14(9)12(4)16(23-15)17(20)19-7-11(3)13(8-19)18(21)22/h5-6,11,13H,7-8H2,1-4H3,(H,21,22)/t11-,13-/m1/s1. The molecule has 1 aliphatic heterocycles. The molecule has 0 spiro atoms. The summed E-state index contributed by atoms with van der Waals surface area (Å²) in [5, 5.41) is 10.2. The maximum Gasteiger partial charge on any atom is 0.308 e. The highest BCUT2D eigenvalue weighted by molar-refractivity contribution is 6.00. The number of nitrogens with zero attached hydrogens (tertiary/aromatic N) is 1. The Hall–Kier alpha value is -2.30. The van der Waals surface area contributed by atoms with Crippen LogP contribution in [0.3, 0.4) is 0 Å². The largest absolute Gasteiger partial charge is 0.481 e. The van der Waals surface area contributed by atoms with Crippen molar-refractivity contribution in [2.24, 2.45) is 11.8 Å². The number of carboxylic acid groups (broad SMARTS) is 1. The quantitative estimate of drug-likeness (QED) is 0.924. The summed E-state index contributed by atoms with van der Waals surface area (Å²) in [4.78, 5) is 25.7. The molecule has 5 nitrogen and oxygen atoms in total. The molecule has 1 amide bonds. The van der Waals surface area contributed by atoms with Crippen molar-refractivity contribution in [1.82, 2.24) is 4.90 Å². The highest BCUT2D eigenvalue weighted by Crippen LogP contribution is 2.33. The number of furan rings is 1. The van der Waals surface area contributed by atoms with Gasteiger partial charge >= 0.3 is 5.97 Å². The number of rotatable bonds is 2. The van der Waals surface area contributed by atoms with E-state index in [0.717, 1.165) is 27.7 Å². The Morgan fingerprint density at radius 1 is 1.17 bits per heavy atom. The van der Waals surface area contributed by atoms with Crippen molar-refractivity contribution in [1.29, 1.82) is 0 Å². The summed E-state index contributed by atoms with van der Waals surface area (Å²) in [5.41, 5.74) is 3.64. The Bertz CT molecular complexity index is 805. The van der Waals surface area contributed by atoms with E-state index in [1.165, 1.54) is 0 Å². The van der Waals surface area contributed by atoms with E-state index in [4.69, 9.17) is 4.42 Å². The molecule has 1 aliphatic rings. The van der Waals surface area contributed by atoms with Crippen LogP contribution in [-0.4, -0.2) is 35.0 Å². The fourth-order valence-electron chi connectivity index (χ4n) is 3.48. The van der Waals surface area contributed by atoms with E-state index in [9.17, 15) is 14.7 Å². The Morgan fingerprint density at radius 2 is 1.83 bits per heavy atom. The molecule has 1 fully saturated rings. The number of aliphatic carboxylic acids is 1.